The number of rotatable bonds is 3. The largest absolute Gasteiger partial charge is 0.208 e. The molecule has 11 rings (SSSR count). The van der Waals surface area contributed by atoms with Gasteiger partial charge < -0.3 is 0 Å². The Kier molecular flexibility index (Phi) is 5.54. The minimum atomic E-state index is 0.605. The first-order chi connectivity index (χ1) is 22.3. The summed E-state index contributed by atoms with van der Waals surface area (Å²) in [6.07, 6.45) is 6.75. The summed E-state index contributed by atoms with van der Waals surface area (Å²) in [7, 11) is 0. The lowest BCUT2D eigenvalue weighted by Crippen LogP contribution is -2.25. The van der Waals surface area contributed by atoms with Crippen LogP contribution in [0, 0.1) is 11.8 Å². The number of benzene rings is 6. The zero-order chi connectivity index (χ0) is 29.5. The first-order valence-corrected chi connectivity index (χ1v) is 16.5. The lowest BCUT2D eigenvalue weighted by molar-refractivity contribution is 0.166. The van der Waals surface area contributed by atoms with Crippen LogP contribution in [0.3, 0.4) is 0 Å². The minimum Gasteiger partial charge on any atom is -0.208 e. The Hall–Kier alpha value is -4.89. The quantitative estimate of drug-likeness (QED) is 0.195. The molecule has 2 saturated carbocycles. The Morgan fingerprint density at radius 2 is 0.956 bits per heavy atom. The number of aromatic nitrogens is 3. The normalized spacial score (nSPS) is 21.8. The maximum atomic E-state index is 5.31. The fourth-order valence-electron chi connectivity index (χ4n) is 9.32. The van der Waals surface area contributed by atoms with Gasteiger partial charge in [0.1, 0.15) is 0 Å². The van der Waals surface area contributed by atoms with Gasteiger partial charge in [-0.05, 0) is 105 Å². The van der Waals surface area contributed by atoms with E-state index in [-0.39, 0.29) is 0 Å². The molecule has 1 aromatic heterocycles. The molecule has 0 N–H and O–H groups in total. The molecular formula is C42H33N3. The van der Waals surface area contributed by atoms with Gasteiger partial charge in [-0.25, -0.2) is 15.0 Å². The maximum Gasteiger partial charge on any atom is 0.164 e. The van der Waals surface area contributed by atoms with Crippen LogP contribution in [-0.4, -0.2) is 15.0 Å². The van der Waals surface area contributed by atoms with Crippen LogP contribution in [0.15, 0.2) is 115 Å². The summed E-state index contributed by atoms with van der Waals surface area (Å²) in [6, 6.07) is 41.6. The molecule has 0 radical (unpaired) electrons. The maximum absolute atomic E-state index is 5.31. The topological polar surface area (TPSA) is 38.7 Å². The average molecular weight is 580 g/mol. The van der Waals surface area contributed by atoms with Crippen LogP contribution in [0.2, 0.25) is 0 Å². The van der Waals surface area contributed by atoms with Gasteiger partial charge in [-0.1, -0.05) is 109 Å². The number of nitrogens with zero attached hydrogens (tertiary/aromatic N) is 3. The molecule has 0 spiro atoms. The number of hydrogen-bond donors (Lipinski definition) is 0. The van der Waals surface area contributed by atoms with Crippen LogP contribution in [0.5, 0.6) is 0 Å². The monoisotopic (exact) mass is 579 g/mol. The van der Waals surface area contributed by atoms with Crippen LogP contribution in [0.4, 0.5) is 0 Å². The zero-order valence-corrected chi connectivity index (χ0v) is 25.2. The van der Waals surface area contributed by atoms with Crippen molar-refractivity contribution in [2.45, 2.75) is 43.9 Å². The molecule has 45 heavy (non-hydrogen) atoms. The summed E-state index contributed by atoms with van der Waals surface area (Å²) < 4.78 is 0. The summed E-state index contributed by atoms with van der Waals surface area (Å²) in [5.74, 6) is 5.28. The highest BCUT2D eigenvalue weighted by atomic mass is 15.0. The lowest BCUT2D eigenvalue weighted by atomic mass is 9.67. The van der Waals surface area contributed by atoms with Crippen molar-refractivity contribution < 1.29 is 0 Å². The third kappa shape index (κ3) is 4.00. The molecule has 4 bridgehead atoms. The molecule has 2 atom stereocenters. The predicted molar refractivity (Wildman–Crippen MR) is 184 cm³/mol. The highest BCUT2D eigenvalue weighted by Crippen LogP contribution is 2.57. The lowest BCUT2D eigenvalue weighted by Gasteiger charge is -2.38. The Labute approximate surface area is 263 Å². The highest BCUT2D eigenvalue weighted by Gasteiger charge is 2.43. The van der Waals surface area contributed by atoms with Crippen LogP contribution >= 0.6 is 0 Å². The molecular weight excluding hydrogens is 546 g/mol. The fraction of sp³-hybridized carbons (Fsp3) is 0.214. The van der Waals surface area contributed by atoms with Crippen molar-refractivity contribution in [3.05, 3.63) is 126 Å². The van der Waals surface area contributed by atoms with E-state index in [1.807, 2.05) is 6.07 Å². The fourth-order valence-corrected chi connectivity index (χ4v) is 9.32. The van der Waals surface area contributed by atoms with Gasteiger partial charge in [-0.3, -0.25) is 0 Å². The molecule has 4 aliphatic rings. The molecule has 6 aromatic carbocycles. The Morgan fingerprint density at radius 3 is 1.64 bits per heavy atom. The smallest absolute Gasteiger partial charge is 0.164 e. The predicted octanol–water partition coefficient (Wildman–Crippen LogP) is 10.7. The van der Waals surface area contributed by atoms with Crippen molar-refractivity contribution in [3.8, 4) is 34.2 Å². The van der Waals surface area contributed by atoms with Crippen molar-refractivity contribution in [2.24, 2.45) is 11.8 Å². The van der Waals surface area contributed by atoms with Crippen molar-refractivity contribution in [1.29, 1.82) is 0 Å². The first-order valence-electron chi connectivity index (χ1n) is 16.5. The van der Waals surface area contributed by atoms with Gasteiger partial charge in [-0.2, -0.15) is 0 Å². The molecule has 0 amide bonds. The van der Waals surface area contributed by atoms with E-state index >= 15 is 0 Å². The molecule has 3 heteroatoms. The molecule has 1 heterocycles. The first kappa shape index (κ1) is 25.4. The van der Waals surface area contributed by atoms with Crippen LogP contribution < -0.4 is 0 Å². The van der Waals surface area contributed by atoms with E-state index in [0.717, 1.165) is 40.4 Å². The molecule has 3 nitrogen and oxygen atoms in total. The Morgan fingerprint density at radius 1 is 0.400 bits per heavy atom. The SMILES string of the molecule is c1ccc(-c2nc(-c3ccc4c5ccccc5c5ccccc5c4c3)nc(-c3cccc4c3C3CC5CC(CC4C5)C3)n2)cc1. The van der Waals surface area contributed by atoms with Gasteiger partial charge in [-0.15, -0.1) is 0 Å². The van der Waals surface area contributed by atoms with Gasteiger partial charge >= 0.3 is 0 Å². The second kappa shape index (κ2) is 9.81. The standard InChI is InChI=1S/C42H33N3/c1-2-9-27(10-3-1)40-43-41(28-17-18-36-34-13-5-4-11-32(34)33-12-6-7-14-35(33)38(36)24-28)45-42(44-40)37-16-8-15-31-29-20-25-19-26(21-29)23-30(22-25)39(31)37/h1-18,24-26,29-30H,19-23H2. The minimum absolute atomic E-state index is 0.605. The van der Waals surface area contributed by atoms with Crippen molar-refractivity contribution in [3.63, 3.8) is 0 Å². The second-order valence-electron chi connectivity index (χ2n) is 13.6. The van der Waals surface area contributed by atoms with Crippen molar-refractivity contribution in [1.82, 2.24) is 15.0 Å². The molecule has 216 valence electrons. The summed E-state index contributed by atoms with van der Waals surface area (Å²) in [5, 5.41) is 7.57. The zero-order valence-electron chi connectivity index (χ0n) is 25.2. The van der Waals surface area contributed by atoms with E-state index in [1.165, 1.54) is 75.5 Å². The Balaban J connectivity index is 1.21. The summed E-state index contributed by atoms with van der Waals surface area (Å²) >= 11 is 0. The van der Waals surface area contributed by atoms with Gasteiger partial charge in [0.05, 0.1) is 0 Å². The average Bonchev–Trinajstić information content (AvgIpc) is 3.28. The molecule has 0 aliphatic heterocycles. The van der Waals surface area contributed by atoms with Gasteiger partial charge in [0, 0.05) is 16.7 Å². The summed E-state index contributed by atoms with van der Waals surface area (Å²) in [6.45, 7) is 0. The summed E-state index contributed by atoms with van der Waals surface area (Å²) in [4.78, 5) is 15.7. The van der Waals surface area contributed by atoms with E-state index in [1.54, 1.807) is 5.56 Å². The molecule has 2 fully saturated rings. The molecule has 7 aromatic rings. The third-order valence-electron chi connectivity index (χ3n) is 11.0. The number of fused-ring (bicyclic) bond motifs is 6. The summed E-state index contributed by atoms with van der Waals surface area (Å²) in [5.41, 5.74) is 6.34. The van der Waals surface area contributed by atoms with Crippen LogP contribution in [-0.2, 0) is 0 Å². The second-order valence-corrected chi connectivity index (χ2v) is 13.6. The van der Waals surface area contributed by atoms with Crippen LogP contribution in [0.1, 0.15) is 55.1 Å². The Bertz CT molecular complexity index is 2240. The molecule has 4 aliphatic carbocycles. The van der Waals surface area contributed by atoms with E-state index in [2.05, 4.69) is 109 Å². The molecule has 2 unspecified atom stereocenters. The third-order valence-corrected chi connectivity index (χ3v) is 11.0. The van der Waals surface area contributed by atoms with E-state index in [9.17, 15) is 0 Å². The number of hydrogen-bond acceptors (Lipinski definition) is 3. The van der Waals surface area contributed by atoms with Crippen LogP contribution in [0.25, 0.3) is 66.5 Å². The van der Waals surface area contributed by atoms with Crippen molar-refractivity contribution in [2.75, 3.05) is 0 Å². The highest BCUT2D eigenvalue weighted by molar-refractivity contribution is 6.25. The van der Waals surface area contributed by atoms with Crippen molar-refractivity contribution >= 4 is 32.3 Å². The van der Waals surface area contributed by atoms with E-state index in [0.29, 0.717) is 11.8 Å². The van der Waals surface area contributed by atoms with E-state index < -0.39 is 0 Å². The van der Waals surface area contributed by atoms with Gasteiger partial charge in [0.25, 0.3) is 0 Å². The molecule has 0 saturated heterocycles. The van der Waals surface area contributed by atoms with Gasteiger partial charge in [0.15, 0.2) is 17.5 Å². The van der Waals surface area contributed by atoms with Gasteiger partial charge in [0.2, 0.25) is 0 Å². The van der Waals surface area contributed by atoms with E-state index in [4.69, 9.17) is 15.0 Å².